The molecule has 1 saturated carbocycles. The monoisotopic (exact) mass is 378 g/mol. The number of hydrogen-bond donors (Lipinski definition) is 1. The molecule has 1 aromatic carbocycles. The van der Waals surface area contributed by atoms with Crippen LogP contribution in [0.15, 0.2) is 30.3 Å². The summed E-state index contributed by atoms with van der Waals surface area (Å²) in [5.41, 5.74) is 1.32. The lowest BCUT2D eigenvalue weighted by Gasteiger charge is -2.39. The van der Waals surface area contributed by atoms with Crippen molar-refractivity contribution in [2.45, 2.75) is 50.4 Å². The van der Waals surface area contributed by atoms with Gasteiger partial charge in [-0.05, 0) is 31.2 Å². The Kier molecular flexibility index (Phi) is 6.03. The van der Waals surface area contributed by atoms with Gasteiger partial charge in [-0.3, -0.25) is 4.79 Å². The zero-order valence-corrected chi connectivity index (χ0v) is 16.4. The van der Waals surface area contributed by atoms with Crippen LogP contribution in [-0.4, -0.2) is 44.5 Å². The predicted octanol–water partition coefficient (Wildman–Crippen LogP) is 2.68. The third-order valence-corrected chi connectivity index (χ3v) is 7.29. The van der Waals surface area contributed by atoms with Gasteiger partial charge >= 0.3 is 0 Å². The summed E-state index contributed by atoms with van der Waals surface area (Å²) in [5.74, 6) is -0.242. The van der Waals surface area contributed by atoms with Gasteiger partial charge in [-0.25, -0.2) is 12.7 Å². The first-order chi connectivity index (χ1) is 12.4. The standard InChI is InChI=1S/C20H30N2O3S/c1-26(24,25)22-14-8-9-17(15-22)19(23)21-16-20(12-6-3-7-13-20)18-10-4-2-5-11-18/h2,4-5,10-11,17H,3,6-9,12-16H2,1H3,(H,21,23). The van der Waals surface area contributed by atoms with Crippen LogP contribution in [0.5, 0.6) is 0 Å². The lowest BCUT2D eigenvalue weighted by molar-refractivity contribution is -0.126. The molecule has 3 rings (SSSR count). The van der Waals surface area contributed by atoms with Crippen LogP contribution in [0.1, 0.15) is 50.5 Å². The van der Waals surface area contributed by atoms with Crippen molar-refractivity contribution in [3.05, 3.63) is 35.9 Å². The number of nitrogens with zero attached hydrogens (tertiary/aromatic N) is 1. The van der Waals surface area contributed by atoms with Gasteiger partial charge in [0.05, 0.1) is 12.2 Å². The van der Waals surface area contributed by atoms with Gasteiger partial charge in [0.15, 0.2) is 0 Å². The fraction of sp³-hybridized carbons (Fsp3) is 0.650. The van der Waals surface area contributed by atoms with Crippen LogP contribution in [0.2, 0.25) is 0 Å². The molecule has 1 saturated heterocycles. The minimum atomic E-state index is -3.23. The molecule has 1 N–H and O–H groups in total. The minimum Gasteiger partial charge on any atom is -0.355 e. The average Bonchev–Trinajstić information content (AvgIpc) is 2.67. The van der Waals surface area contributed by atoms with Crippen LogP contribution >= 0.6 is 0 Å². The van der Waals surface area contributed by atoms with E-state index in [1.807, 2.05) is 6.07 Å². The number of hydrogen-bond acceptors (Lipinski definition) is 3. The van der Waals surface area contributed by atoms with Crippen molar-refractivity contribution in [3.8, 4) is 0 Å². The molecule has 6 heteroatoms. The molecule has 1 aromatic rings. The number of piperidine rings is 1. The van der Waals surface area contributed by atoms with Gasteiger partial charge in [0.2, 0.25) is 15.9 Å². The molecule has 1 unspecified atom stereocenters. The number of amides is 1. The van der Waals surface area contributed by atoms with Crippen molar-refractivity contribution in [2.75, 3.05) is 25.9 Å². The van der Waals surface area contributed by atoms with E-state index in [1.165, 1.54) is 35.4 Å². The van der Waals surface area contributed by atoms with E-state index < -0.39 is 10.0 Å². The Morgan fingerprint density at radius 1 is 1.15 bits per heavy atom. The highest BCUT2D eigenvalue weighted by atomic mass is 32.2. The van der Waals surface area contributed by atoms with Gasteiger partial charge in [-0.1, -0.05) is 49.6 Å². The molecular formula is C20H30N2O3S. The summed E-state index contributed by atoms with van der Waals surface area (Å²) in [7, 11) is -3.23. The van der Waals surface area contributed by atoms with Gasteiger partial charge < -0.3 is 5.32 Å². The van der Waals surface area contributed by atoms with Crippen LogP contribution in [0.25, 0.3) is 0 Å². The number of carbonyl (C=O) groups excluding carboxylic acids is 1. The SMILES string of the molecule is CS(=O)(=O)N1CCCC(C(=O)NCC2(c3ccccc3)CCCCC2)C1. The molecule has 0 bridgehead atoms. The van der Waals surface area contributed by atoms with E-state index in [1.54, 1.807) is 0 Å². The second-order valence-electron chi connectivity index (χ2n) is 7.88. The van der Waals surface area contributed by atoms with E-state index in [2.05, 4.69) is 29.6 Å². The third kappa shape index (κ3) is 4.46. The van der Waals surface area contributed by atoms with Crippen LogP contribution in [-0.2, 0) is 20.2 Å². The number of benzene rings is 1. The summed E-state index contributed by atoms with van der Waals surface area (Å²) in [6.07, 6.45) is 8.56. The number of carbonyl (C=O) groups is 1. The normalized spacial score (nSPS) is 24.1. The molecule has 1 amide bonds. The van der Waals surface area contributed by atoms with E-state index in [4.69, 9.17) is 0 Å². The maximum atomic E-state index is 12.8. The van der Waals surface area contributed by atoms with E-state index in [0.29, 0.717) is 19.6 Å². The zero-order valence-electron chi connectivity index (χ0n) is 15.6. The van der Waals surface area contributed by atoms with Crippen LogP contribution in [0.4, 0.5) is 0 Å². The zero-order chi connectivity index (χ0) is 18.6. The summed E-state index contributed by atoms with van der Waals surface area (Å²) < 4.78 is 25.0. The second-order valence-corrected chi connectivity index (χ2v) is 9.87. The van der Waals surface area contributed by atoms with Crippen molar-refractivity contribution in [3.63, 3.8) is 0 Å². The van der Waals surface area contributed by atoms with Crippen molar-refractivity contribution < 1.29 is 13.2 Å². The number of rotatable bonds is 5. The first-order valence-electron chi connectivity index (χ1n) is 9.69. The molecule has 1 aliphatic carbocycles. The first-order valence-corrected chi connectivity index (χ1v) is 11.5. The Hall–Kier alpha value is -1.40. The minimum absolute atomic E-state index is 0.000713. The lowest BCUT2D eigenvalue weighted by atomic mass is 9.69. The Balaban J connectivity index is 1.66. The topological polar surface area (TPSA) is 66.5 Å². The molecule has 26 heavy (non-hydrogen) atoms. The van der Waals surface area contributed by atoms with E-state index in [-0.39, 0.29) is 17.2 Å². The summed E-state index contributed by atoms with van der Waals surface area (Å²) in [5, 5.41) is 3.17. The number of sulfonamides is 1. The maximum Gasteiger partial charge on any atom is 0.224 e. The van der Waals surface area contributed by atoms with Gasteiger partial charge in [0.25, 0.3) is 0 Å². The van der Waals surface area contributed by atoms with Gasteiger partial charge in [0.1, 0.15) is 0 Å². The molecule has 1 atom stereocenters. The highest BCUT2D eigenvalue weighted by Crippen LogP contribution is 2.39. The summed E-state index contributed by atoms with van der Waals surface area (Å²) in [6.45, 7) is 1.48. The molecule has 1 aliphatic heterocycles. The third-order valence-electron chi connectivity index (χ3n) is 6.02. The van der Waals surface area contributed by atoms with E-state index in [9.17, 15) is 13.2 Å². The highest BCUT2D eigenvalue weighted by Gasteiger charge is 2.36. The van der Waals surface area contributed by atoms with Crippen molar-refractivity contribution in [2.24, 2.45) is 5.92 Å². The van der Waals surface area contributed by atoms with Gasteiger partial charge in [-0.15, -0.1) is 0 Å². The van der Waals surface area contributed by atoms with Gasteiger partial charge in [0, 0.05) is 25.0 Å². The van der Waals surface area contributed by atoms with Crippen LogP contribution in [0.3, 0.4) is 0 Å². The molecule has 5 nitrogen and oxygen atoms in total. The lowest BCUT2D eigenvalue weighted by Crippen LogP contribution is -2.48. The Morgan fingerprint density at radius 3 is 2.50 bits per heavy atom. The van der Waals surface area contributed by atoms with Crippen LogP contribution < -0.4 is 5.32 Å². The quantitative estimate of drug-likeness (QED) is 0.857. The molecule has 144 valence electrons. The van der Waals surface area contributed by atoms with Gasteiger partial charge in [-0.2, -0.15) is 0 Å². The van der Waals surface area contributed by atoms with Crippen molar-refractivity contribution >= 4 is 15.9 Å². The molecule has 2 fully saturated rings. The fourth-order valence-corrected chi connectivity index (χ4v) is 5.36. The Morgan fingerprint density at radius 2 is 1.85 bits per heavy atom. The first kappa shape index (κ1) is 19.4. The summed E-state index contributed by atoms with van der Waals surface area (Å²) in [4.78, 5) is 12.8. The molecule has 1 heterocycles. The highest BCUT2D eigenvalue weighted by molar-refractivity contribution is 7.88. The summed E-state index contributed by atoms with van der Waals surface area (Å²) in [6, 6.07) is 10.5. The smallest absolute Gasteiger partial charge is 0.224 e. The molecule has 0 spiro atoms. The molecular weight excluding hydrogens is 348 g/mol. The molecule has 0 radical (unpaired) electrons. The van der Waals surface area contributed by atoms with Crippen molar-refractivity contribution in [1.82, 2.24) is 9.62 Å². The van der Waals surface area contributed by atoms with E-state index >= 15 is 0 Å². The molecule has 2 aliphatic rings. The largest absolute Gasteiger partial charge is 0.355 e. The predicted molar refractivity (Wildman–Crippen MR) is 103 cm³/mol. The van der Waals surface area contributed by atoms with Crippen molar-refractivity contribution in [1.29, 1.82) is 0 Å². The summed E-state index contributed by atoms with van der Waals surface area (Å²) >= 11 is 0. The maximum absolute atomic E-state index is 12.8. The second kappa shape index (κ2) is 8.09. The fourth-order valence-electron chi connectivity index (χ4n) is 4.45. The molecule has 0 aromatic heterocycles. The Labute approximate surface area is 157 Å². The van der Waals surface area contributed by atoms with E-state index in [0.717, 1.165) is 25.7 Å². The Bertz CT molecular complexity index is 712. The van der Waals surface area contributed by atoms with Crippen LogP contribution in [0, 0.1) is 5.92 Å². The average molecular weight is 379 g/mol. The number of nitrogens with one attached hydrogen (secondary N) is 1.